The summed E-state index contributed by atoms with van der Waals surface area (Å²) >= 11 is 0. The molecule has 0 spiro atoms. The molecule has 0 aromatic carbocycles. The summed E-state index contributed by atoms with van der Waals surface area (Å²) < 4.78 is 13.5. The van der Waals surface area contributed by atoms with Crippen LogP contribution in [0.25, 0.3) is 21.9 Å². The van der Waals surface area contributed by atoms with Crippen molar-refractivity contribution < 1.29 is 4.39 Å². The Hall–Kier alpha value is -2.17. The van der Waals surface area contributed by atoms with Gasteiger partial charge in [0.05, 0.1) is 12.1 Å². The van der Waals surface area contributed by atoms with Crippen LogP contribution >= 0.6 is 0 Å². The Morgan fingerprint density at radius 3 is 3.10 bits per heavy atom. The van der Waals surface area contributed by atoms with Gasteiger partial charge >= 0.3 is 0 Å². The topological polar surface area (TPSA) is 44.8 Å². The Labute approximate surface area is 115 Å². The minimum absolute atomic E-state index is 0.445. The van der Waals surface area contributed by atoms with Crippen LogP contribution in [0.15, 0.2) is 30.6 Å². The van der Waals surface area contributed by atoms with Gasteiger partial charge in [-0.05, 0) is 31.0 Å². The highest BCUT2D eigenvalue weighted by molar-refractivity contribution is 6.05. The Morgan fingerprint density at radius 2 is 2.20 bits per heavy atom. The lowest BCUT2D eigenvalue weighted by Crippen LogP contribution is -2.36. The highest BCUT2D eigenvalue weighted by Crippen LogP contribution is 2.27. The second kappa shape index (κ2) is 4.44. The Morgan fingerprint density at radius 1 is 1.25 bits per heavy atom. The number of pyridine rings is 2. The maximum Gasteiger partial charge on any atom is 0.140 e. The summed E-state index contributed by atoms with van der Waals surface area (Å²) in [5, 5.41) is 2.13. The van der Waals surface area contributed by atoms with Crippen LogP contribution in [0.4, 0.5) is 10.2 Å². The fraction of sp³-hybridized carbons (Fsp3) is 0.333. The normalized spacial score (nSPS) is 19.9. The number of rotatable bonds is 1. The van der Waals surface area contributed by atoms with Gasteiger partial charge < -0.3 is 9.88 Å². The number of aromatic amines is 1. The van der Waals surface area contributed by atoms with Crippen molar-refractivity contribution in [1.82, 2.24) is 15.0 Å². The number of halogens is 1. The number of anilines is 1. The van der Waals surface area contributed by atoms with Crippen LogP contribution in [0, 0.1) is 0 Å². The van der Waals surface area contributed by atoms with E-state index in [2.05, 4.69) is 15.0 Å². The first-order valence-electron chi connectivity index (χ1n) is 6.93. The Balaban J connectivity index is 1.80. The fourth-order valence-electron chi connectivity index (χ4n) is 2.92. The van der Waals surface area contributed by atoms with E-state index in [0.29, 0.717) is 13.0 Å². The molecule has 0 bridgehead atoms. The number of nitrogens with one attached hydrogen (secondary N) is 1. The van der Waals surface area contributed by atoms with Gasteiger partial charge in [-0.3, -0.25) is 4.98 Å². The number of alkyl halides is 1. The lowest BCUT2D eigenvalue weighted by Gasteiger charge is -2.29. The van der Waals surface area contributed by atoms with E-state index >= 15 is 0 Å². The first kappa shape index (κ1) is 11.6. The third-order valence-electron chi connectivity index (χ3n) is 3.93. The van der Waals surface area contributed by atoms with E-state index in [9.17, 15) is 4.39 Å². The molecule has 1 aliphatic rings. The number of hydrogen-bond acceptors (Lipinski definition) is 3. The van der Waals surface area contributed by atoms with E-state index in [-0.39, 0.29) is 0 Å². The molecule has 3 aromatic heterocycles. The van der Waals surface area contributed by atoms with Crippen LogP contribution in [0.5, 0.6) is 0 Å². The summed E-state index contributed by atoms with van der Waals surface area (Å²) in [4.78, 5) is 14.1. The predicted molar refractivity (Wildman–Crippen MR) is 77.7 cm³/mol. The summed E-state index contributed by atoms with van der Waals surface area (Å²) in [6, 6.07) is 5.95. The van der Waals surface area contributed by atoms with E-state index < -0.39 is 6.17 Å². The first-order valence-corrected chi connectivity index (χ1v) is 6.93. The van der Waals surface area contributed by atoms with Gasteiger partial charge in [0.25, 0.3) is 0 Å². The van der Waals surface area contributed by atoms with Crippen molar-refractivity contribution in [2.75, 3.05) is 18.0 Å². The van der Waals surface area contributed by atoms with Crippen molar-refractivity contribution in [3.63, 3.8) is 0 Å². The molecule has 1 atom stereocenters. The molecule has 1 fully saturated rings. The molecule has 5 heteroatoms. The molecule has 4 nitrogen and oxygen atoms in total. The van der Waals surface area contributed by atoms with Gasteiger partial charge in [0.1, 0.15) is 17.6 Å². The maximum absolute atomic E-state index is 13.5. The molecule has 1 aliphatic heterocycles. The highest BCUT2D eigenvalue weighted by atomic mass is 19.1. The molecule has 1 N–H and O–H groups in total. The quantitative estimate of drug-likeness (QED) is 0.739. The summed E-state index contributed by atoms with van der Waals surface area (Å²) in [5.41, 5.74) is 1.87. The highest BCUT2D eigenvalue weighted by Gasteiger charge is 2.20. The number of H-pyrrole nitrogens is 1. The van der Waals surface area contributed by atoms with E-state index in [1.54, 1.807) is 6.20 Å². The van der Waals surface area contributed by atoms with Gasteiger partial charge in [0, 0.05) is 29.7 Å². The van der Waals surface area contributed by atoms with Crippen molar-refractivity contribution in [2.45, 2.75) is 19.0 Å². The summed E-state index contributed by atoms with van der Waals surface area (Å²) in [6.45, 7) is 1.32. The van der Waals surface area contributed by atoms with Gasteiger partial charge in [-0.25, -0.2) is 9.37 Å². The van der Waals surface area contributed by atoms with E-state index in [0.717, 1.165) is 40.7 Å². The van der Waals surface area contributed by atoms with Gasteiger partial charge in [-0.1, -0.05) is 0 Å². The molecule has 0 unspecified atom stereocenters. The van der Waals surface area contributed by atoms with Gasteiger partial charge in [0.2, 0.25) is 0 Å². The Kier molecular flexibility index (Phi) is 2.58. The lowest BCUT2D eigenvalue weighted by atomic mass is 10.1. The zero-order valence-corrected chi connectivity index (χ0v) is 11.0. The van der Waals surface area contributed by atoms with Gasteiger partial charge in [0.15, 0.2) is 0 Å². The van der Waals surface area contributed by atoms with Gasteiger partial charge in [-0.2, -0.15) is 0 Å². The molecule has 4 heterocycles. The summed E-state index contributed by atoms with van der Waals surface area (Å²) in [5.74, 6) is 0.847. The van der Waals surface area contributed by atoms with E-state index in [4.69, 9.17) is 0 Å². The third-order valence-corrected chi connectivity index (χ3v) is 3.93. The molecule has 0 radical (unpaired) electrons. The molecule has 20 heavy (non-hydrogen) atoms. The zero-order valence-electron chi connectivity index (χ0n) is 11.0. The number of aromatic nitrogens is 3. The monoisotopic (exact) mass is 270 g/mol. The van der Waals surface area contributed by atoms with Crippen molar-refractivity contribution >= 4 is 27.8 Å². The second-order valence-electron chi connectivity index (χ2n) is 5.30. The number of hydrogen-bond donors (Lipinski definition) is 1. The minimum Gasteiger partial charge on any atom is -0.354 e. The smallest absolute Gasteiger partial charge is 0.140 e. The molecular weight excluding hydrogens is 255 g/mol. The molecule has 0 saturated carbocycles. The van der Waals surface area contributed by atoms with Gasteiger partial charge in [-0.15, -0.1) is 0 Å². The molecular formula is C15H15FN4. The lowest BCUT2D eigenvalue weighted by molar-refractivity contribution is 0.286. The van der Waals surface area contributed by atoms with Crippen LogP contribution in [0.1, 0.15) is 12.8 Å². The van der Waals surface area contributed by atoms with Crippen molar-refractivity contribution in [3.8, 4) is 0 Å². The molecule has 4 rings (SSSR count). The molecule has 102 valence electrons. The average Bonchev–Trinajstić information content (AvgIpc) is 2.85. The van der Waals surface area contributed by atoms with Crippen LogP contribution in [-0.2, 0) is 0 Å². The minimum atomic E-state index is -0.742. The predicted octanol–water partition coefficient (Wildman–Crippen LogP) is 3.05. The SMILES string of the molecule is F[C@H]1CCCN(c2ccc3c(n2)[nH]c2ccncc23)C1. The van der Waals surface area contributed by atoms with Crippen LogP contribution in [0.2, 0.25) is 0 Å². The van der Waals surface area contributed by atoms with Crippen molar-refractivity contribution in [1.29, 1.82) is 0 Å². The summed E-state index contributed by atoms with van der Waals surface area (Å²) in [6.07, 6.45) is 4.41. The van der Waals surface area contributed by atoms with Crippen LogP contribution in [-0.4, -0.2) is 34.2 Å². The standard InChI is InChI=1S/C15H15FN4/c16-10-2-1-7-20(9-10)14-4-3-11-12-8-17-6-5-13(12)18-15(11)19-14/h3-6,8,10H,1-2,7,9H2,(H,18,19)/t10-/m0/s1. The van der Waals surface area contributed by atoms with Crippen LogP contribution < -0.4 is 4.90 Å². The zero-order chi connectivity index (χ0) is 13.5. The van der Waals surface area contributed by atoms with E-state index in [1.165, 1.54) is 0 Å². The Bertz CT molecular complexity index is 767. The number of nitrogens with zero attached hydrogens (tertiary/aromatic N) is 3. The number of piperidine rings is 1. The van der Waals surface area contributed by atoms with Crippen molar-refractivity contribution in [3.05, 3.63) is 30.6 Å². The number of fused-ring (bicyclic) bond motifs is 3. The van der Waals surface area contributed by atoms with Crippen LogP contribution in [0.3, 0.4) is 0 Å². The first-order chi connectivity index (χ1) is 9.81. The largest absolute Gasteiger partial charge is 0.354 e. The second-order valence-corrected chi connectivity index (χ2v) is 5.30. The molecule has 0 aliphatic carbocycles. The van der Waals surface area contributed by atoms with E-state index in [1.807, 2.05) is 29.3 Å². The third kappa shape index (κ3) is 1.81. The summed E-state index contributed by atoms with van der Waals surface area (Å²) in [7, 11) is 0. The fourth-order valence-corrected chi connectivity index (χ4v) is 2.92. The average molecular weight is 270 g/mol. The maximum atomic E-state index is 13.5. The molecule has 3 aromatic rings. The molecule has 0 amide bonds. The molecule has 1 saturated heterocycles. The van der Waals surface area contributed by atoms with Crippen molar-refractivity contribution in [2.24, 2.45) is 0 Å².